The quantitative estimate of drug-likeness (QED) is 0.834. The molecule has 1 saturated heterocycles. The molecule has 3 atom stereocenters. The molecule has 1 aromatic carbocycles. The fraction of sp³-hybridized carbons (Fsp3) is 0.533. The summed E-state index contributed by atoms with van der Waals surface area (Å²) in [6.45, 7) is 6.06. The van der Waals surface area contributed by atoms with Gasteiger partial charge < -0.3 is 4.90 Å². The van der Waals surface area contributed by atoms with Gasteiger partial charge in [-0.15, -0.1) is 0 Å². The number of hydrogen-bond acceptors (Lipinski definition) is 2. The van der Waals surface area contributed by atoms with Crippen LogP contribution in [0.15, 0.2) is 29.2 Å². The summed E-state index contributed by atoms with van der Waals surface area (Å²) in [5, 5.41) is 0. The van der Waals surface area contributed by atoms with Crippen molar-refractivity contribution in [3.63, 3.8) is 0 Å². The number of piperidine rings is 1. The molecule has 0 aromatic heterocycles. The van der Waals surface area contributed by atoms with Crippen molar-refractivity contribution >= 4 is 16.7 Å². The van der Waals surface area contributed by atoms with Crippen LogP contribution in [0.25, 0.3) is 0 Å². The van der Waals surface area contributed by atoms with Crippen molar-refractivity contribution in [2.24, 2.45) is 11.8 Å². The van der Waals surface area contributed by atoms with Gasteiger partial charge in [-0.05, 0) is 42.5 Å². The first-order chi connectivity index (χ1) is 8.97. The zero-order chi connectivity index (χ0) is 14.0. The maximum absolute atomic E-state index is 12.4. The number of carbonyl (C=O) groups excluding carboxylic acids is 1. The van der Waals surface area contributed by atoms with Gasteiger partial charge in [0.15, 0.2) is 0 Å². The standard InChI is InChI=1S/C15H21NO2S/c1-11-8-12(2)10-16(9-11)15(17)13-4-6-14(7-5-13)19(3)18/h4-7,11-12H,8-10H2,1-3H3. The van der Waals surface area contributed by atoms with Crippen LogP contribution in [-0.2, 0) is 10.8 Å². The minimum absolute atomic E-state index is 0.0897. The fourth-order valence-electron chi connectivity index (χ4n) is 2.80. The van der Waals surface area contributed by atoms with E-state index in [-0.39, 0.29) is 5.91 Å². The molecule has 19 heavy (non-hydrogen) atoms. The molecule has 1 aliphatic rings. The lowest BCUT2D eigenvalue weighted by Gasteiger charge is -2.35. The lowest BCUT2D eigenvalue weighted by Crippen LogP contribution is -2.42. The first kappa shape index (κ1) is 14.3. The van der Waals surface area contributed by atoms with E-state index in [9.17, 15) is 9.00 Å². The second kappa shape index (κ2) is 5.87. The lowest BCUT2D eigenvalue weighted by molar-refractivity contribution is 0.0623. The Morgan fingerprint density at radius 1 is 1.16 bits per heavy atom. The van der Waals surface area contributed by atoms with Crippen LogP contribution in [0.1, 0.15) is 30.6 Å². The highest BCUT2D eigenvalue weighted by atomic mass is 32.2. The van der Waals surface area contributed by atoms with Crippen molar-refractivity contribution in [3.8, 4) is 0 Å². The molecule has 0 radical (unpaired) electrons. The van der Waals surface area contributed by atoms with Crippen LogP contribution < -0.4 is 0 Å². The van der Waals surface area contributed by atoms with E-state index in [2.05, 4.69) is 13.8 Å². The van der Waals surface area contributed by atoms with E-state index in [0.29, 0.717) is 17.4 Å². The van der Waals surface area contributed by atoms with Gasteiger partial charge >= 0.3 is 0 Å². The van der Waals surface area contributed by atoms with Gasteiger partial charge in [0.25, 0.3) is 5.91 Å². The SMILES string of the molecule is CC1CC(C)CN(C(=O)c2ccc(S(C)=O)cc2)C1. The number of carbonyl (C=O) groups is 1. The maximum Gasteiger partial charge on any atom is 0.253 e. The summed E-state index contributed by atoms with van der Waals surface area (Å²) in [6.07, 6.45) is 2.84. The molecule has 4 heteroatoms. The average Bonchev–Trinajstić information content (AvgIpc) is 2.37. The van der Waals surface area contributed by atoms with Crippen LogP contribution in [0.3, 0.4) is 0 Å². The predicted molar refractivity (Wildman–Crippen MR) is 77.6 cm³/mol. The summed E-state index contributed by atoms with van der Waals surface area (Å²) in [5.74, 6) is 1.22. The topological polar surface area (TPSA) is 37.4 Å². The molecule has 1 heterocycles. The van der Waals surface area contributed by atoms with Crippen LogP contribution in [0.4, 0.5) is 0 Å². The molecular weight excluding hydrogens is 258 g/mol. The number of likely N-dealkylation sites (tertiary alicyclic amines) is 1. The molecule has 0 saturated carbocycles. The molecule has 1 aromatic rings. The maximum atomic E-state index is 12.4. The largest absolute Gasteiger partial charge is 0.338 e. The lowest BCUT2D eigenvalue weighted by atomic mass is 9.91. The van der Waals surface area contributed by atoms with Gasteiger partial charge in [-0.3, -0.25) is 9.00 Å². The smallest absolute Gasteiger partial charge is 0.253 e. The summed E-state index contributed by atoms with van der Waals surface area (Å²) in [5.41, 5.74) is 0.690. The molecular formula is C15H21NO2S. The zero-order valence-electron chi connectivity index (χ0n) is 11.8. The van der Waals surface area contributed by atoms with Crippen LogP contribution in [0.5, 0.6) is 0 Å². The number of rotatable bonds is 2. The molecule has 0 bridgehead atoms. The Kier molecular flexibility index (Phi) is 4.40. The van der Waals surface area contributed by atoms with Crippen LogP contribution in [-0.4, -0.2) is 34.4 Å². The van der Waals surface area contributed by atoms with Gasteiger partial charge in [0.1, 0.15) is 0 Å². The Morgan fingerprint density at radius 3 is 2.16 bits per heavy atom. The van der Waals surface area contributed by atoms with Crippen LogP contribution in [0.2, 0.25) is 0 Å². The van der Waals surface area contributed by atoms with Gasteiger partial charge in [0.2, 0.25) is 0 Å². The van der Waals surface area contributed by atoms with Crippen molar-refractivity contribution in [2.75, 3.05) is 19.3 Å². The normalized spacial score (nSPS) is 25.1. The van der Waals surface area contributed by atoms with Crippen molar-refractivity contribution in [2.45, 2.75) is 25.2 Å². The second-order valence-electron chi connectivity index (χ2n) is 5.63. The van der Waals surface area contributed by atoms with Crippen molar-refractivity contribution in [1.29, 1.82) is 0 Å². The van der Waals surface area contributed by atoms with Gasteiger partial charge in [-0.2, -0.15) is 0 Å². The third-order valence-electron chi connectivity index (χ3n) is 3.59. The predicted octanol–water partition coefficient (Wildman–Crippen LogP) is 2.54. The third-order valence-corrected chi connectivity index (χ3v) is 4.53. The highest BCUT2D eigenvalue weighted by Gasteiger charge is 2.25. The highest BCUT2D eigenvalue weighted by molar-refractivity contribution is 7.84. The van der Waals surface area contributed by atoms with E-state index in [1.165, 1.54) is 6.42 Å². The Hall–Kier alpha value is -1.16. The Morgan fingerprint density at radius 2 is 1.68 bits per heavy atom. The molecule has 1 aliphatic heterocycles. The van der Waals surface area contributed by atoms with Gasteiger partial charge in [-0.25, -0.2) is 0 Å². The van der Waals surface area contributed by atoms with Crippen LogP contribution in [0, 0.1) is 11.8 Å². The molecule has 1 amide bonds. The van der Waals surface area contributed by atoms with E-state index >= 15 is 0 Å². The Labute approximate surface area is 117 Å². The number of hydrogen-bond donors (Lipinski definition) is 0. The fourth-order valence-corrected chi connectivity index (χ4v) is 3.32. The summed E-state index contributed by atoms with van der Waals surface area (Å²) in [7, 11) is -0.992. The molecule has 3 nitrogen and oxygen atoms in total. The first-order valence-corrected chi connectivity index (χ1v) is 8.26. The van der Waals surface area contributed by atoms with E-state index in [1.54, 1.807) is 30.5 Å². The molecule has 0 aliphatic carbocycles. The first-order valence-electron chi connectivity index (χ1n) is 6.70. The molecule has 0 N–H and O–H groups in total. The highest BCUT2D eigenvalue weighted by Crippen LogP contribution is 2.22. The number of nitrogens with zero attached hydrogens (tertiary/aromatic N) is 1. The molecule has 104 valence electrons. The minimum Gasteiger partial charge on any atom is -0.338 e. The van der Waals surface area contributed by atoms with Gasteiger partial charge in [0, 0.05) is 40.6 Å². The molecule has 2 rings (SSSR count). The van der Waals surface area contributed by atoms with Crippen molar-refractivity contribution in [1.82, 2.24) is 4.90 Å². The minimum atomic E-state index is -0.992. The van der Waals surface area contributed by atoms with E-state index in [1.807, 2.05) is 4.90 Å². The zero-order valence-corrected chi connectivity index (χ0v) is 12.6. The Bertz CT molecular complexity index is 473. The number of amides is 1. The summed E-state index contributed by atoms with van der Waals surface area (Å²) in [4.78, 5) is 15.1. The summed E-state index contributed by atoms with van der Waals surface area (Å²) < 4.78 is 11.3. The third kappa shape index (κ3) is 3.44. The van der Waals surface area contributed by atoms with E-state index in [0.717, 1.165) is 18.0 Å². The van der Waals surface area contributed by atoms with Crippen molar-refractivity contribution in [3.05, 3.63) is 29.8 Å². The molecule has 3 unspecified atom stereocenters. The van der Waals surface area contributed by atoms with E-state index < -0.39 is 10.8 Å². The summed E-state index contributed by atoms with van der Waals surface area (Å²) >= 11 is 0. The van der Waals surface area contributed by atoms with E-state index in [4.69, 9.17) is 0 Å². The average molecular weight is 279 g/mol. The van der Waals surface area contributed by atoms with Crippen molar-refractivity contribution < 1.29 is 9.00 Å². The molecule has 1 fully saturated rings. The monoisotopic (exact) mass is 279 g/mol. The summed E-state index contributed by atoms with van der Waals surface area (Å²) in [6, 6.07) is 7.12. The molecule has 0 spiro atoms. The Balaban J connectivity index is 2.12. The van der Waals surface area contributed by atoms with Gasteiger partial charge in [0.05, 0.1) is 0 Å². The second-order valence-corrected chi connectivity index (χ2v) is 7.01. The number of benzene rings is 1. The van der Waals surface area contributed by atoms with Gasteiger partial charge in [-0.1, -0.05) is 13.8 Å². The van der Waals surface area contributed by atoms with Crippen LogP contribution >= 0.6 is 0 Å².